The summed E-state index contributed by atoms with van der Waals surface area (Å²) in [5, 5.41) is 6.35. The predicted molar refractivity (Wildman–Crippen MR) is 69.1 cm³/mol. The highest BCUT2D eigenvalue weighted by molar-refractivity contribution is 5.95. The van der Waals surface area contributed by atoms with Crippen molar-refractivity contribution < 1.29 is 4.79 Å². The Hall–Kier alpha value is -1.71. The number of carbonyl (C=O) groups excluding carboxylic acids is 1. The van der Waals surface area contributed by atoms with Gasteiger partial charge < -0.3 is 16.4 Å². The minimum absolute atomic E-state index is 0.0888. The van der Waals surface area contributed by atoms with E-state index in [1.165, 1.54) is 12.8 Å². The Labute approximate surface area is 101 Å². The van der Waals surface area contributed by atoms with Crippen molar-refractivity contribution in [2.75, 3.05) is 16.4 Å². The monoisotopic (exact) mass is 231 g/mol. The lowest BCUT2D eigenvalue weighted by Gasteiger charge is -2.21. The van der Waals surface area contributed by atoms with Crippen molar-refractivity contribution in [3.63, 3.8) is 0 Å². The van der Waals surface area contributed by atoms with Gasteiger partial charge in [-0.05, 0) is 43.9 Å². The molecule has 1 aliphatic heterocycles. The normalized spacial score (nSPS) is 20.4. The van der Waals surface area contributed by atoms with Crippen LogP contribution < -0.4 is 16.4 Å². The van der Waals surface area contributed by atoms with Gasteiger partial charge in [0.1, 0.15) is 0 Å². The van der Waals surface area contributed by atoms with E-state index in [1.54, 1.807) is 0 Å². The standard InChI is InChI=1S/C13H17N3O/c1-13(4-5-13)16-11-7-10-8(6-9(11)14)2-3-12(17)15-10/h6-7,16H,2-5,14H2,1H3,(H,15,17). The Morgan fingerprint density at radius 1 is 1.35 bits per heavy atom. The molecule has 90 valence electrons. The molecule has 1 aromatic rings. The van der Waals surface area contributed by atoms with Crippen molar-refractivity contribution in [3.05, 3.63) is 17.7 Å². The molecule has 1 aliphatic carbocycles. The molecule has 1 amide bonds. The van der Waals surface area contributed by atoms with Crippen molar-refractivity contribution in [1.29, 1.82) is 0 Å². The largest absolute Gasteiger partial charge is 0.397 e. The van der Waals surface area contributed by atoms with Gasteiger partial charge in [-0.15, -0.1) is 0 Å². The van der Waals surface area contributed by atoms with Gasteiger partial charge in [0.2, 0.25) is 5.91 Å². The lowest BCUT2D eigenvalue weighted by molar-refractivity contribution is -0.116. The highest BCUT2D eigenvalue weighted by atomic mass is 16.1. The van der Waals surface area contributed by atoms with E-state index < -0.39 is 0 Å². The summed E-state index contributed by atoms with van der Waals surface area (Å²) in [6, 6.07) is 3.94. The quantitative estimate of drug-likeness (QED) is 0.683. The van der Waals surface area contributed by atoms with Gasteiger partial charge in [-0.25, -0.2) is 0 Å². The van der Waals surface area contributed by atoms with Gasteiger partial charge in [0.05, 0.1) is 11.4 Å². The number of amides is 1. The average molecular weight is 231 g/mol. The first kappa shape index (κ1) is 10.4. The second-order valence-electron chi connectivity index (χ2n) is 5.33. The molecule has 0 unspecified atom stereocenters. The molecule has 0 aromatic heterocycles. The van der Waals surface area contributed by atoms with Crippen molar-refractivity contribution in [2.24, 2.45) is 0 Å². The molecular formula is C13H17N3O. The summed E-state index contributed by atoms with van der Waals surface area (Å²) in [5.41, 5.74) is 9.98. The van der Waals surface area contributed by atoms with E-state index in [4.69, 9.17) is 5.73 Å². The van der Waals surface area contributed by atoms with Crippen LogP contribution >= 0.6 is 0 Å². The number of rotatable bonds is 2. The SMILES string of the molecule is CC1(Nc2cc3c(cc2N)CCC(=O)N3)CC1. The minimum Gasteiger partial charge on any atom is -0.397 e. The van der Waals surface area contributed by atoms with Crippen LogP contribution in [0.25, 0.3) is 0 Å². The van der Waals surface area contributed by atoms with Crippen LogP contribution in [0, 0.1) is 0 Å². The van der Waals surface area contributed by atoms with Crippen LogP contribution in [0.15, 0.2) is 12.1 Å². The third-order valence-electron chi connectivity index (χ3n) is 3.61. The molecule has 1 fully saturated rings. The molecule has 1 aromatic carbocycles. The lowest BCUT2D eigenvalue weighted by Crippen LogP contribution is -2.21. The van der Waals surface area contributed by atoms with Gasteiger partial charge in [-0.3, -0.25) is 4.79 Å². The van der Waals surface area contributed by atoms with Gasteiger partial charge in [0, 0.05) is 17.6 Å². The number of hydrogen-bond donors (Lipinski definition) is 3. The zero-order valence-corrected chi connectivity index (χ0v) is 9.97. The summed E-state index contributed by atoms with van der Waals surface area (Å²) < 4.78 is 0. The minimum atomic E-state index is 0.0888. The Balaban J connectivity index is 1.94. The Morgan fingerprint density at radius 2 is 2.12 bits per heavy atom. The van der Waals surface area contributed by atoms with E-state index in [0.717, 1.165) is 29.0 Å². The number of nitrogen functional groups attached to an aromatic ring is 1. The highest BCUT2D eigenvalue weighted by Crippen LogP contribution is 2.41. The van der Waals surface area contributed by atoms with E-state index in [-0.39, 0.29) is 11.4 Å². The first-order chi connectivity index (χ1) is 8.06. The van der Waals surface area contributed by atoms with E-state index in [9.17, 15) is 4.79 Å². The molecule has 0 saturated heterocycles. The van der Waals surface area contributed by atoms with Crippen LogP contribution in [-0.2, 0) is 11.2 Å². The molecule has 4 heteroatoms. The molecule has 3 rings (SSSR count). The first-order valence-electron chi connectivity index (χ1n) is 6.06. The number of hydrogen-bond acceptors (Lipinski definition) is 3. The summed E-state index contributed by atoms with van der Waals surface area (Å²) in [6.07, 6.45) is 3.69. The van der Waals surface area contributed by atoms with Gasteiger partial charge in [0.25, 0.3) is 0 Å². The Kier molecular flexibility index (Phi) is 2.08. The molecule has 2 aliphatic rings. The van der Waals surface area contributed by atoms with Gasteiger partial charge >= 0.3 is 0 Å². The number of anilines is 3. The second-order valence-corrected chi connectivity index (χ2v) is 5.33. The maximum atomic E-state index is 11.4. The van der Waals surface area contributed by atoms with Crippen LogP contribution in [0.5, 0.6) is 0 Å². The third-order valence-corrected chi connectivity index (χ3v) is 3.61. The highest BCUT2D eigenvalue weighted by Gasteiger charge is 2.37. The number of fused-ring (bicyclic) bond motifs is 1. The fourth-order valence-corrected chi connectivity index (χ4v) is 2.19. The number of nitrogens with one attached hydrogen (secondary N) is 2. The van der Waals surface area contributed by atoms with Crippen LogP contribution in [0.1, 0.15) is 31.7 Å². The van der Waals surface area contributed by atoms with Crippen molar-refractivity contribution >= 4 is 23.0 Å². The van der Waals surface area contributed by atoms with Crippen LogP contribution in [0.4, 0.5) is 17.1 Å². The Bertz CT molecular complexity index is 492. The zero-order valence-electron chi connectivity index (χ0n) is 9.97. The van der Waals surface area contributed by atoms with E-state index >= 15 is 0 Å². The maximum absolute atomic E-state index is 11.4. The fourth-order valence-electron chi connectivity index (χ4n) is 2.19. The molecular weight excluding hydrogens is 214 g/mol. The predicted octanol–water partition coefficient (Wildman–Crippen LogP) is 2.12. The van der Waals surface area contributed by atoms with Gasteiger partial charge in [-0.2, -0.15) is 0 Å². The smallest absolute Gasteiger partial charge is 0.224 e. The molecule has 0 bridgehead atoms. The van der Waals surface area contributed by atoms with E-state index in [0.29, 0.717) is 6.42 Å². The topological polar surface area (TPSA) is 67.1 Å². The van der Waals surface area contributed by atoms with E-state index in [1.807, 2.05) is 12.1 Å². The summed E-state index contributed by atoms with van der Waals surface area (Å²) in [6.45, 7) is 2.18. The van der Waals surface area contributed by atoms with Crippen LogP contribution in [0.2, 0.25) is 0 Å². The second kappa shape index (κ2) is 3.39. The average Bonchev–Trinajstić information content (AvgIpc) is 2.98. The van der Waals surface area contributed by atoms with Crippen molar-refractivity contribution in [3.8, 4) is 0 Å². The molecule has 4 N–H and O–H groups in total. The number of benzene rings is 1. The fraction of sp³-hybridized carbons (Fsp3) is 0.462. The van der Waals surface area contributed by atoms with E-state index in [2.05, 4.69) is 17.6 Å². The van der Waals surface area contributed by atoms with Crippen molar-refractivity contribution in [1.82, 2.24) is 0 Å². The molecule has 0 radical (unpaired) electrons. The molecule has 1 heterocycles. The summed E-state index contributed by atoms with van der Waals surface area (Å²) in [5.74, 6) is 0.0888. The summed E-state index contributed by atoms with van der Waals surface area (Å²) >= 11 is 0. The van der Waals surface area contributed by atoms with Crippen molar-refractivity contribution in [2.45, 2.75) is 38.1 Å². The first-order valence-corrected chi connectivity index (χ1v) is 6.06. The zero-order chi connectivity index (χ0) is 12.0. The molecule has 4 nitrogen and oxygen atoms in total. The van der Waals surface area contributed by atoms with Gasteiger partial charge in [-0.1, -0.05) is 0 Å². The Morgan fingerprint density at radius 3 is 2.82 bits per heavy atom. The molecule has 1 saturated carbocycles. The maximum Gasteiger partial charge on any atom is 0.224 e. The molecule has 0 atom stereocenters. The summed E-state index contributed by atoms with van der Waals surface area (Å²) in [7, 11) is 0. The molecule has 17 heavy (non-hydrogen) atoms. The number of carbonyl (C=O) groups is 1. The summed E-state index contributed by atoms with van der Waals surface area (Å²) in [4.78, 5) is 11.4. The number of nitrogens with two attached hydrogens (primary N) is 1. The lowest BCUT2D eigenvalue weighted by atomic mass is 10.0. The third kappa shape index (κ3) is 1.95. The van der Waals surface area contributed by atoms with Crippen LogP contribution in [0.3, 0.4) is 0 Å². The number of aryl methyl sites for hydroxylation is 1. The molecule has 0 spiro atoms. The van der Waals surface area contributed by atoms with Crippen LogP contribution in [-0.4, -0.2) is 11.4 Å². The van der Waals surface area contributed by atoms with Gasteiger partial charge in [0.15, 0.2) is 0 Å².